The number of phenols is 1. The van der Waals surface area contributed by atoms with Crippen LogP contribution in [0.25, 0.3) is 0 Å². The number of benzene rings is 1. The highest BCUT2D eigenvalue weighted by Crippen LogP contribution is 2.78. The highest BCUT2D eigenvalue weighted by molar-refractivity contribution is 5.67. The molecule has 0 saturated heterocycles. The average molecular weight is 340 g/mol. The van der Waals surface area contributed by atoms with Crippen LogP contribution in [-0.4, -0.2) is 16.7 Å². The number of aryl methyl sites for hydroxylation is 1. The topological polar surface area (TPSA) is 46.5 Å². The minimum absolute atomic E-state index is 0.106. The Morgan fingerprint density at radius 1 is 1.16 bits per heavy atom. The molecule has 5 rings (SSSR count). The van der Waals surface area contributed by atoms with Crippen molar-refractivity contribution >= 4 is 5.97 Å². The summed E-state index contributed by atoms with van der Waals surface area (Å²) >= 11 is 0. The molecule has 0 radical (unpaired) electrons. The van der Waals surface area contributed by atoms with Crippen LogP contribution in [0.4, 0.5) is 0 Å². The monoisotopic (exact) mass is 340 g/mol. The molecular formula is C22H28O3. The molecule has 1 N–H and O–H groups in total. The molecule has 2 bridgehead atoms. The number of carbonyl (C=O) groups is 1. The van der Waals surface area contributed by atoms with E-state index in [0.717, 1.165) is 25.7 Å². The Labute approximate surface area is 149 Å². The van der Waals surface area contributed by atoms with Gasteiger partial charge in [-0.25, -0.2) is 0 Å². The maximum Gasteiger partial charge on any atom is 0.303 e. The second kappa shape index (κ2) is 4.81. The summed E-state index contributed by atoms with van der Waals surface area (Å²) in [6.07, 6.45) is 9.15. The third-order valence-corrected chi connectivity index (χ3v) is 8.80. The van der Waals surface area contributed by atoms with E-state index in [4.69, 9.17) is 4.74 Å². The molecular weight excluding hydrogens is 312 g/mol. The molecule has 3 atom stereocenters. The zero-order valence-electron chi connectivity index (χ0n) is 15.3. The second-order valence-electron chi connectivity index (χ2n) is 9.25. The quantitative estimate of drug-likeness (QED) is 0.753. The van der Waals surface area contributed by atoms with Crippen molar-refractivity contribution in [2.24, 2.45) is 16.7 Å². The minimum atomic E-state index is -0.209. The highest BCUT2D eigenvalue weighted by atomic mass is 16.6. The smallest absolute Gasteiger partial charge is 0.303 e. The second-order valence-corrected chi connectivity index (χ2v) is 9.25. The van der Waals surface area contributed by atoms with Crippen molar-refractivity contribution in [1.82, 2.24) is 0 Å². The molecule has 1 aromatic rings. The van der Waals surface area contributed by atoms with Gasteiger partial charge >= 0.3 is 5.97 Å². The predicted molar refractivity (Wildman–Crippen MR) is 95.4 cm³/mol. The summed E-state index contributed by atoms with van der Waals surface area (Å²) in [5, 5.41) is 9.85. The third kappa shape index (κ3) is 1.75. The van der Waals surface area contributed by atoms with E-state index in [2.05, 4.69) is 13.0 Å². The fraction of sp³-hybridized carbons (Fsp3) is 0.682. The standard InChI is InChI=1S/C22H28O3/c1-14(23)25-22-11-9-21(10-12-22)19-6-3-15-13-16(24)4-5-17(15)18(19)7-8-20(21,22)2/h4-5,13,18-19,24H,3,6-12H2,1-2H3/t18-,19-,20+,21-,22+/m1/s1. The summed E-state index contributed by atoms with van der Waals surface area (Å²) in [5.74, 6) is 1.60. The van der Waals surface area contributed by atoms with Crippen molar-refractivity contribution in [1.29, 1.82) is 0 Å². The van der Waals surface area contributed by atoms with Gasteiger partial charge in [-0.1, -0.05) is 13.0 Å². The van der Waals surface area contributed by atoms with Crippen LogP contribution in [0.15, 0.2) is 18.2 Å². The van der Waals surface area contributed by atoms with E-state index >= 15 is 0 Å². The van der Waals surface area contributed by atoms with E-state index in [1.54, 1.807) is 6.92 Å². The fourth-order valence-corrected chi connectivity index (χ4v) is 7.77. The fourth-order valence-electron chi connectivity index (χ4n) is 7.77. The first kappa shape index (κ1) is 15.7. The van der Waals surface area contributed by atoms with Crippen molar-refractivity contribution in [3.63, 3.8) is 0 Å². The Hall–Kier alpha value is -1.51. The zero-order valence-corrected chi connectivity index (χ0v) is 15.3. The van der Waals surface area contributed by atoms with Gasteiger partial charge in [0.2, 0.25) is 0 Å². The van der Waals surface area contributed by atoms with E-state index < -0.39 is 0 Å². The average Bonchev–Trinajstić information content (AvgIpc) is 2.97. The lowest BCUT2D eigenvalue weighted by Crippen LogP contribution is -2.53. The zero-order chi connectivity index (χ0) is 17.4. The van der Waals surface area contributed by atoms with Crippen molar-refractivity contribution < 1.29 is 14.6 Å². The van der Waals surface area contributed by atoms with Gasteiger partial charge in [0.1, 0.15) is 11.4 Å². The first-order valence-electron chi connectivity index (χ1n) is 9.92. The van der Waals surface area contributed by atoms with E-state index in [1.165, 1.54) is 36.8 Å². The summed E-state index contributed by atoms with van der Waals surface area (Å²) in [6.45, 7) is 4.00. The van der Waals surface area contributed by atoms with Crippen LogP contribution < -0.4 is 0 Å². The van der Waals surface area contributed by atoms with Gasteiger partial charge in [0.05, 0.1) is 0 Å². The molecule has 0 unspecified atom stereocenters. The Balaban J connectivity index is 1.57. The minimum Gasteiger partial charge on any atom is -0.508 e. The van der Waals surface area contributed by atoms with E-state index in [0.29, 0.717) is 23.0 Å². The number of phenolic OH excluding ortho intramolecular Hbond substituents is 1. The van der Waals surface area contributed by atoms with E-state index in [-0.39, 0.29) is 17.0 Å². The molecule has 0 heterocycles. The summed E-state index contributed by atoms with van der Waals surface area (Å²) < 4.78 is 6.05. The van der Waals surface area contributed by atoms with Gasteiger partial charge in [0, 0.05) is 12.3 Å². The maximum atomic E-state index is 11.8. The number of aromatic hydroxyl groups is 1. The number of hydrogen-bond acceptors (Lipinski definition) is 3. The third-order valence-electron chi connectivity index (χ3n) is 8.80. The van der Waals surface area contributed by atoms with Crippen LogP contribution in [0, 0.1) is 16.7 Å². The van der Waals surface area contributed by atoms with Gasteiger partial charge in [0.25, 0.3) is 0 Å². The highest BCUT2D eigenvalue weighted by Gasteiger charge is 2.75. The molecule has 4 aliphatic rings. The summed E-state index contributed by atoms with van der Waals surface area (Å²) in [7, 11) is 0. The van der Waals surface area contributed by atoms with Crippen molar-refractivity contribution in [2.75, 3.05) is 0 Å². The van der Waals surface area contributed by atoms with Crippen LogP contribution in [0.3, 0.4) is 0 Å². The Kier molecular flexibility index (Phi) is 3.02. The number of fused-ring (bicyclic) bond motifs is 3. The van der Waals surface area contributed by atoms with E-state index in [9.17, 15) is 9.90 Å². The van der Waals surface area contributed by atoms with Gasteiger partial charge in [0.15, 0.2) is 0 Å². The van der Waals surface area contributed by atoms with Gasteiger partial charge < -0.3 is 9.84 Å². The van der Waals surface area contributed by atoms with Crippen LogP contribution >= 0.6 is 0 Å². The van der Waals surface area contributed by atoms with Crippen molar-refractivity contribution in [2.45, 2.75) is 76.7 Å². The largest absolute Gasteiger partial charge is 0.508 e. The number of ether oxygens (including phenoxy) is 1. The molecule has 0 amide bonds. The lowest BCUT2D eigenvalue weighted by Gasteiger charge is -2.57. The molecule has 0 spiro atoms. The molecule has 3 saturated carbocycles. The first-order chi connectivity index (χ1) is 11.9. The molecule has 0 aliphatic heterocycles. The van der Waals surface area contributed by atoms with Crippen LogP contribution in [0.2, 0.25) is 0 Å². The Morgan fingerprint density at radius 3 is 2.64 bits per heavy atom. The number of esters is 1. The number of rotatable bonds is 1. The molecule has 4 aliphatic carbocycles. The molecule has 0 aromatic heterocycles. The normalized spacial score (nSPS) is 43.9. The lowest BCUT2D eigenvalue weighted by molar-refractivity contribution is -0.174. The van der Waals surface area contributed by atoms with Gasteiger partial charge in [-0.2, -0.15) is 0 Å². The lowest BCUT2D eigenvalue weighted by atomic mass is 9.48. The first-order valence-corrected chi connectivity index (χ1v) is 9.92. The maximum absolute atomic E-state index is 11.8. The Bertz CT molecular complexity index is 744. The molecule has 25 heavy (non-hydrogen) atoms. The van der Waals surface area contributed by atoms with Crippen molar-refractivity contribution in [3.05, 3.63) is 29.3 Å². The summed E-state index contributed by atoms with van der Waals surface area (Å²) in [6, 6.07) is 6.01. The SMILES string of the molecule is CC(=O)O[C@]12CC[C@]3(CC1)[C@@H]1CCc4cc(O)ccc4[C@H]1CC[C@]23C. The molecule has 1 aromatic carbocycles. The number of carbonyl (C=O) groups excluding carboxylic acids is 1. The summed E-state index contributed by atoms with van der Waals surface area (Å²) in [4.78, 5) is 11.8. The van der Waals surface area contributed by atoms with Crippen LogP contribution in [0.1, 0.15) is 75.8 Å². The predicted octanol–water partition coefficient (Wildman–Crippen LogP) is 4.71. The Morgan fingerprint density at radius 2 is 1.92 bits per heavy atom. The molecule has 3 fully saturated rings. The van der Waals surface area contributed by atoms with Gasteiger partial charge in [-0.05, 0) is 91.9 Å². The van der Waals surface area contributed by atoms with Crippen LogP contribution in [0.5, 0.6) is 5.75 Å². The molecule has 3 heteroatoms. The van der Waals surface area contributed by atoms with E-state index in [1.807, 2.05) is 12.1 Å². The van der Waals surface area contributed by atoms with Gasteiger partial charge in [-0.15, -0.1) is 0 Å². The van der Waals surface area contributed by atoms with Crippen molar-refractivity contribution in [3.8, 4) is 5.75 Å². The molecule has 134 valence electrons. The van der Waals surface area contributed by atoms with Crippen LogP contribution in [-0.2, 0) is 16.0 Å². The number of hydrogen-bond donors (Lipinski definition) is 1. The molecule has 3 nitrogen and oxygen atoms in total. The van der Waals surface area contributed by atoms with Gasteiger partial charge in [-0.3, -0.25) is 4.79 Å². The summed E-state index contributed by atoms with van der Waals surface area (Å²) in [5.41, 5.74) is 3.09.